The van der Waals surface area contributed by atoms with Crippen molar-refractivity contribution in [3.63, 3.8) is 0 Å². The van der Waals surface area contributed by atoms with Gasteiger partial charge in [0.05, 0.1) is 5.52 Å². The van der Waals surface area contributed by atoms with Crippen LogP contribution in [0.4, 0.5) is 5.82 Å². The van der Waals surface area contributed by atoms with E-state index < -0.39 is 6.04 Å². The number of benzene rings is 1. The number of aromatic nitrogens is 5. The highest BCUT2D eigenvalue weighted by atomic mass is 79.9. The first-order valence-corrected chi connectivity index (χ1v) is 14.9. The SMILES string of the molecule is CCCc1cc(Br)nc(NC(=O)[C@@H]2C[C@@]3(C)CC3N2C(=O)Cn2nc(C(C)=O)c3cc(-c4cnc(C)nc4)ccc32)c1. The third-order valence-corrected chi connectivity index (χ3v) is 8.76. The molecule has 1 aromatic carbocycles. The van der Waals surface area contributed by atoms with Crippen LogP contribution in [0.2, 0.25) is 0 Å². The van der Waals surface area contributed by atoms with E-state index in [1.165, 1.54) is 6.92 Å². The Morgan fingerprint density at radius 2 is 1.86 bits per heavy atom. The molecule has 1 saturated heterocycles. The third kappa shape index (κ3) is 5.21. The molecule has 1 aliphatic heterocycles. The van der Waals surface area contributed by atoms with E-state index in [1.807, 2.05) is 37.3 Å². The van der Waals surface area contributed by atoms with Gasteiger partial charge < -0.3 is 10.2 Å². The summed E-state index contributed by atoms with van der Waals surface area (Å²) in [5.41, 5.74) is 3.63. The van der Waals surface area contributed by atoms with Gasteiger partial charge in [0.25, 0.3) is 0 Å². The lowest BCUT2D eigenvalue weighted by Crippen LogP contribution is -2.46. The van der Waals surface area contributed by atoms with E-state index in [0.717, 1.165) is 36.0 Å². The van der Waals surface area contributed by atoms with Gasteiger partial charge in [-0.05, 0) is 82.9 Å². The van der Waals surface area contributed by atoms with E-state index in [2.05, 4.69) is 55.1 Å². The standard InChI is InChI=1S/C31H32BrN7O3/c1-5-6-19-9-26(32)35-27(10-19)36-30(42)24-12-31(4)13-25(31)39(24)28(41)16-38-23-8-7-20(21-14-33-18(3)34-15-21)11-22(23)29(37-38)17(2)40/h7-11,14-15,24-25H,5-6,12-13,16H2,1-4H3,(H,35,36,42)/t24-,25?,31-/m0/s1. The summed E-state index contributed by atoms with van der Waals surface area (Å²) >= 11 is 3.44. The average Bonchev–Trinajstić information content (AvgIpc) is 3.30. The summed E-state index contributed by atoms with van der Waals surface area (Å²) in [4.78, 5) is 54.6. The van der Waals surface area contributed by atoms with Crippen LogP contribution in [0.3, 0.4) is 0 Å². The van der Waals surface area contributed by atoms with Gasteiger partial charge in [0.15, 0.2) is 5.78 Å². The molecule has 2 aliphatic rings. The molecule has 4 aromatic rings. The number of halogens is 1. The van der Waals surface area contributed by atoms with E-state index in [4.69, 9.17) is 0 Å². The van der Waals surface area contributed by atoms with Gasteiger partial charge >= 0.3 is 0 Å². The van der Waals surface area contributed by atoms with Crippen molar-refractivity contribution in [3.8, 4) is 11.1 Å². The molecule has 0 radical (unpaired) electrons. The second kappa shape index (κ2) is 10.7. The van der Waals surface area contributed by atoms with Gasteiger partial charge in [-0.2, -0.15) is 5.10 Å². The third-order valence-electron chi connectivity index (χ3n) is 8.35. The monoisotopic (exact) mass is 629 g/mol. The molecular formula is C31H32BrN7O3. The molecule has 0 spiro atoms. The average molecular weight is 631 g/mol. The number of pyridine rings is 1. The maximum Gasteiger partial charge on any atom is 0.248 e. The Kier molecular flexibility index (Phi) is 7.16. The summed E-state index contributed by atoms with van der Waals surface area (Å²) in [5.74, 6) is 0.497. The molecule has 10 nitrogen and oxygen atoms in total. The Labute approximate surface area is 252 Å². The van der Waals surface area contributed by atoms with Gasteiger partial charge in [-0.1, -0.05) is 26.3 Å². The number of anilines is 1. The summed E-state index contributed by atoms with van der Waals surface area (Å²) in [7, 11) is 0. The van der Waals surface area contributed by atoms with Crippen molar-refractivity contribution in [2.45, 2.75) is 72.0 Å². The molecule has 1 N–H and O–H groups in total. The van der Waals surface area contributed by atoms with Crippen LogP contribution in [0.25, 0.3) is 22.0 Å². The summed E-state index contributed by atoms with van der Waals surface area (Å²) in [6, 6.07) is 8.86. The molecule has 216 valence electrons. The van der Waals surface area contributed by atoms with Crippen LogP contribution in [0.15, 0.2) is 47.3 Å². The zero-order valence-corrected chi connectivity index (χ0v) is 25.6. The van der Waals surface area contributed by atoms with Gasteiger partial charge in [-0.25, -0.2) is 15.0 Å². The van der Waals surface area contributed by atoms with E-state index in [0.29, 0.717) is 39.3 Å². The van der Waals surface area contributed by atoms with Crippen LogP contribution in [0.1, 0.15) is 61.9 Å². The Balaban J connectivity index is 1.27. The molecule has 0 bridgehead atoms. The number of nitrogens with one attached hydrogen (secondary N) is 1. The van der Waals surface area contributed by atoms with Crippen molar-refractivity contribution in [2.75, 3.05) is 5.32 Å². The number of aryl methyl sites for hydroxylation is 2. The number of fused-ring (bicyclic) bond motifs is 2. The quantitative estimate of drug-likeness (QED) is 0.212. The highest BCUT2D eigenvalue weighted by Gasteiger charge is 2.64. The molecule has 11 heteroatoms. The highest BCUT2D eigenvalue weighted by molar-refractivity contribution is 9.10. The maximum atomic E-state index is 13.9. The molecule has 4 heterocycles. The Hall–Kier alpha value is -3.99. The van der Waals surface area contributed by atoms with E-state index in [-0.39, 0.29) is 35.6 Å². The molecular weight excluding hydrogens is 598 g/mol. The number of likely N-dealkylation sites (tertiary alicyclic amines) is 1. The number of carbonyl (C=O) groups excluding carboxylic acids is 3. The molecule has 2 fully saturated rings. The van der Waals surface area contributed by atoms with Gasteiger partial charge in [0.2, 0.25) is 11.8 Å². The fraction of sp³-hybridized carbons (Fsp3) is 0.387. The number of piperidine rings is 1. The minimum absolute atomic E-state index is 0.00545. The fourth-order valence-corrected chi connectivity index (χ4v) is 6.59. The first kappa shape index (κ1) is 28.1. The van der Waals surface area contributed by atoms with Crippen molar-refractivity contribution in [3.05, 3.63) is 64.4 Å². The Morgan fingerprint density at radius 3 is 2.57 bits per heavy atom. The van der Waals surface area contributed by atoms with Crippen molar-refractivity contribution >= 4 is 50.2 Å². The molecule has 3 aromatic heterocycles. The number of amides is 2. The zero-order chi connectivity index (χ0) is 29.8. The number of ketones is 1. The molecule has 1 unspecified atom stereocenters. The second-order valence-electron chi connectivity index (χ2n) is 11.6. The summed E-state index contributed by atoms with van der Waals surface area (Å²) in [6.45, 7) is 7.43. The summed E-state index contributed by atoms with van der Waals surface area (Å²) in [6.07, 6.45) is 6.78. The molecule has 1 saturated carbocycles. The lowest BCUT2D eigenvalue weighted by Gasteiger charge is -2.27. The Morgan fingerprint density at radius 1 is 1.10 bits per heavy atom. The largest absolute Gasteiger partial charge is 0.325 e. The first-order chi connectivity index (χ1) is 20.1. The van der Waals surface area contributed by atoms with Gasteiger partial charge in [-0.15, -0.1) is 0 Å². The van der Waals surface area contributed by atoms with Crippen LogP contribution in [0.5, 0.6) is 0 Å². The van der Waals surface area contributed by atoms with E-state index in [9.17, 15) is 14.4 Å². The molecule has 1 aliphatic carbocycles. The number of nitrogens with zero attached hydrogens (tertiary/aromatic N) is 6. The van der Waals surface area contributed by atoms with Crippen LogP contribution < -0.4 is 5.32 Å². The predicted octanol–water partition coefficient (Wildman–Crippen LogP) is 5.13. The van der Waals surface area contributed by atoms with Gasteiger partial charge in [0, 0.05) is 36.3 Å². The van der Waals surface area contributed by atoms with E-state index in [1.54, 1.807) is 22.0 Å². The zero-order valence-electron chi connectivity index (χ0n) is 24.0. The molecule has 3 atom stereocenters. The number of hydrogen-bond acceptors (Lipinski definition) is 7. The topological polar surface area (TPSA) is 123 Å². The van der Waals surface area contributed by atoms with E-state index >= 15 is 0 Å². The molecule has 6 rings (SSSR count). The van der Waals surface area contributed by atoms with Crippen LogP contribution in [-0.2, 0) is 22.6 Å². The van der Waals surface area contributed by atoms with Crippen LogP contribution in [0, 0.1) is 12.3 Å². The van der Waals surface area contributed by atoms with Crippen molar-refractivity contribution in [1.82, 2.24) is 29.6 Å². The number of rotatable bonds is 8. The Bertz CT molecular complexity index is 1730. The van der Waals surface area contributed by atoms with Crippen LogP contribution in [-0.4, -0.2) is 59.3 Å². The first-order valence-electron chi connectivity index (χ1n) is 14.2. The summed E-state index contributed by atoms with van der Waals surface area (Å²) in [5, 5.41) is 8.16. The van der Waals surface area contributed by atoms with Crippen molar-refractivity contribution in [2.24, 2.45) is 5.41 Å². The predicted molar refractivity (Wildman–Crippen MR) is 162 cm³/mol. The second-order valence-corrected chi connectivity index (χ2v) is 12.4. The fourth-order valence-electron chi connectivity index (χ4n) is 6.11. The lowest BCUT2D eigenvalue weighted by atomic mass is 10.0. The molecule has 2 amide bonds. The lowest BCUT2D eigenvalue weighted by molar-refractivity contribution is -0.138. The smallest absolute Gasteiger partial charge is 0.248 e. The van der Waals surface area contributed by atoms with Crippen molar-refractivity contribution in [1.29, 1.82) is 0 Å². The number of hydrogen-bond donors (Lipinski definition) is 1. The maximum absolute atomic E-state index is 13.9. The van der Waals surface area contributed by atoms with Gasteiger partial charge in [-0.3, -0.25) is 19.1 Å². The normalized spacial score (nSPS) is 20.9. The summed E-state index contributed by atoms with van der Waals surface area (Å²) < 4.78 is 2.23. The van der Waals surface area contributed by atoms with Crippen LogP contribution >= 0.6 is 15.9 Å². The van der Waals surface area contributed by atoms with Gasteiger partial charge in [0.1, 0.15) is 34.5 Å². The van der Waals surface area contributed by atoms with Crippen molar-refractivity contribution < 1.29 is 14.4 Å². The molecule has 42 heavy (non-hydrogen) atoms. The minimum Gasteiger partial charge on any atom is -0.325 e. The minimum atomic E-state index is -0.612. The number of Topliss-reactive ketones (excluding diaryl/α,β-unsaturated/α-hetero) is 1. The number of carbonyl (C=O) groups is 3. The highest BCUT2D eigenvalue weighted by Crippen LogP contribution is 2.59.